The molecule has 0 saturated heterocycles. The summed E-state index contributed by atoms with van der Waals surface area (Å²) in [7, 11) is 1.16. The first-order chi connectivity index (χ1) is 15.4. The maximum Gasteiger partial charge on any atom is 0.422 e. The van der Waals surface area contributed by atoms with Gasteiger partial charge in [0.05, 0.1) is 17.8 Å². The molecule has 0 saturated carbocycles. The average Bonchev–Trinajstić information content (AvgIpc) is 2.74. The van der Waals surface area contributed by atoms with Gasteiger partial charge in [-0.2, -0.15) is 13.2 Å². The van der Waals surface area contributed by atoms with Gasteiger partial charge in [-0.1, -0.05) is 24.6 Å². The number of hydrogen-bond donors (Lipinski definition) is 1. The van der Waals surface area contributed by atoms with Crippen LogP contribution in [0.15, 0.2) is 35.5 Å². The van der Waals surface area contributed by atoms with Gasteiger partial charge in [0.15, 0.2) is 17.2 Å². The van der Waals surface area contributed by atoms with Gasteiger partial charge < -0.3 is 9.84 Å². The van der Waals surface area contributed by atoms with Gasteiger partial charge in [-0.15, -0.1) is 0 Å². The first-order valence-electron chi connectivity index (χ1n) is 9.66. The lowest BCUT2D eigenvalue weighted by atomic mass is 9.86. The molecule has 5 nitrogen and oxygen atoms in total. The summed E-state index contributed by atoms with van der Waals surface area (Å²) in [6.45, 7) is 2.91. The molecule has 2 atom stereocenters. The predicted octanol–water partition coefficient (Wildman–Crippen LogP) is 6.07. The Balaban J connectivity index is 2.02. The number of halogens is 6. The van der Waals surface area contributed by atoms with Gasteiger partial charge in [0.2, 0.25) is 0 Å². The number of alkyl halides is 3. The van der Waals surface area contributed by atoms with Crippen molar-refractivity contribution >= 4 is 34.4 Å². The number of nitrogens with zero attached hydrogens (tertiary/aromatic N) is 3. The molecule has 0 fully saturated rings. The molecule has 1 aromatic heterocycles. The fourth-order valence-electron chi connectivity index (χ4n) is 3.41. The zero-order valence-electron chi connectivity index (χ0n) is 17.7. The van der Waals surface area contributed by atoms with Crippen molar-refractivity contribution in [2.24, 2.45) is 4.99 Å². The molecule has 3 aromatic rings. The maximum atomic E-state index is 14.3. The van der Waals surface area contributed by atoms with Crippen LogP contribution in [-0.2, 0) is 0 Å². The second-order valence-electron chi connectivity index (χ2n) is 7.52. The van der Waals surface area contributed by atoms with Crippen molar-refractivity contribution in [3.05, 3.63) is 58.5 Å². The molecule has 176 valence electrons. The third-order valence-electron chi connectivity index (χ3n) is 5.14. The Bertz CT molecular complexity index is 1220. The summed E-state index contributed by atoms with van der Waals surface area (Å²) in [5.74, 6) is -2.66. The van der Waals surface area contributed by atoms with Gasteiger partial charge in [0.1, 0.15) is 17.2 Å². The van der Waals surface area contributed by atoms with E-state index in [2.05, 4.69) is 15.0 Å². The number of fused-ring (bicyclic) bond motifs is 1. The van der Waals surface area contributed by atoms with Gasteiger partial charge in [0.25, 0.3) is 0 Å². The van der Waals surface area contributed by atoms with E-state index >= 15 is 0 Å². The number of methoxy groups -OCH3 is 1. The highest BCUT2D eigenvalue weighted by Crippen LogP contribution is 2.41. The van der Waals surface area contributed by atoms with E-state index in [1.54, 1.807) is 0 Å². The van der Waals surface area contributed by atoms with E-state index in [4.69, 9.17) is 16.3 Å². The molecule has 0 bridgehead atoms. The lowest BCUT2D eigenvalue weighted by Gasteiger charge is -2.30. The topological polar surface area (TPSA) is 67.6 Å². The van der Waals surface area contributed by atoms with E-state index in [0.29, 0.717) is 6.21 Å². The van der Waals surface area contributed by atoms with E-state index in [-0.39, 0.29) is 38.8 Å². The first-order valence-corrected chi connectivity index (χ1v) is 10.0. The van der Waals surface area contributed by atoms with Crippen LogP contribution >= 0.6 is 11.6 Å². The van der Waals surface area contributed by atoms with E-state index in [1.165, 1.54) is 32.2 Å². The zero-order valence-corrected chi connectivity index (χ0v) is 18.5. The van der Waals surface area contributed by atoms with E-state index in [9.17, 15) is 27.1 Å². The summed E-state index contributed by atoms with van der Waals surface area (Å²) in [6.07, 6.45) is -4.43. The Hall–Kier alpha value is -2.85. The summed E-state index contributed by atoms with van der Waals surface area (Å²) in [5, 5.41) is 10.4. The minimum atomic E-state index is -5.12. The lowest BCUT2D eigenvalue weighted by molar-refractivity contribution is -0.231. The maximum absolute atomic E-state index is 14.3. The number of hydrogen-bond acceptors (Lipinski definition) is 5. The quantitative estimate of drug-likeness (QED) is 0.338. The second kappa shape index (κ2) is 9.18. The minimum Gasteiger partial charge on any atom is -0.493 e. The zero-order chi connectivity index (χ0) is 24.6. The monoisotopic (exact) mass is 487 g/mol. The smallest absolute Gasteiger partial charge is 0.422 e. The molecule has 0 aliphatic rings. The van der Waals surface area contributed by atoms with Gasteiger partial charge in [-0.3, -0.25) is 4.99 Å². The molecule has 33 heavy (non-hydrogen) atoms. The summed E-state index contributed by atoms with van der Waals surface area (Å²) in [4.78, 5) is 11.7. The molecule has 0 aliphatic heterocycles. The number of aromatic nitrogens is 2. The van der Waals surface area contributed by atoms with E-state index in [1.807, 2.05) is 0 Å². The highest BCUT2D eigenvalue weighted by molar-refractivity contribution is 6.30. The van der Waals surface area contributed by atoms with Gasteiger partial charge in [0, 0.05) is 23.4 Å². The first kappa shape index (κ1) is 24.8. The molecule has 1 N–H and O–H groups in total. The number of rotatable bonds is 6. The number of aliphatic hydroxyl groups is 1. The van der Waals surface area contributed by atoms with Crippen LogP contribution in [-0.4, -0.2) is 40.2 Å². The number of aryl methyl sites for hydroxylation is 1. The van der Waals surface area contributed by atoms with Crippen LogP contribution in [0.2, 0.25) is 5.02 Å². The third-order valence-corrected chi connectivity index (χ3v) is 5.43. The Labute approximate surface area is 190 Å². The number of aliphatic imine (C=N–C) groups is 1. The normalized spacial score (nSPS) is 15.1. The van der Waals surface area contributed by atoms with Crippen LogP contribution in [0.5, 0.6) is 5.75 Å². The lowest BCUT2D eigenvalue weighted by Crippen LogP contribution is -2.47. The third kappa shape index (κ3) is 4.91. The van der Waals surface area contributed by atoms with Crippen LogP contribution in [0.25, 0.3) is 10.9 Å². The van der Waals surface area contributed by atoms with Crippen molar-refractivity contribution in [1.29, 1.82) is 0 Å². The highest BCUT2D eigenvalue weighted by Gasteiger charge is 2.53. The Morgan fingerprint density at radius 1 is 1.21 bits per heavy atom. The van der Waals surface area contributed by atoms with Gasteiger partial charge >= 0.3 is 6.18 Å². The molecule has 3 rings (SSSR count). The van der Waals surface area contributed by atoms with E-state index < -0.39 is 35.8 Å². The van der Waals surface area contributed by atoms with Gasteiger partial charge in [-0.25, -0.2) is 18.7 Å². The Morgan fingerprint density at radius 3 is 2.55 bits per heavy atom. The predicted molar refractivity (Wildman–Crippen MR) is 114 cm³/mol. The Morgan fingerprint density at radius 2 is 1.91 bits per heavy atom. The molecule has 0 amide bonds. The molecular weight excluding hydrogens is 469 g/mol. The van der Waals surface area contributed by atoms with Crippen LogP contribution in [0.1, 0.15) is 30.7 Å². The van der Waals surface area contributed by atoms with Crippen molar-refractivity contribution < 1.29 is 31.8 Å². The fourth-order valence-corrected chi connectivity index (χ4v) is 3.56. The molecule has 0 radical (unpaired) electrons. The molecule has 2 aromatic carbocycles. The summed E-state index contributed by atoms with van der Waals surface area (Å²) in [6, 6.07) is 4.69. The fraction of sp³-hybridized carbons (Fsp3) is 0.318. The molecule has 0 aliphatic carbocycles. The van der Waals surface area contributed by atoms with Crippen molar-refractivity contribution in [3.63, 3.8) is 0 Å². The second-order valence-corrected chi connectivity index (χ2v) is 7.92. The van der Waals surface area contributed by atoms with Crippen LogP contribution in [0, 0.1) is 18.6 Å². The van der Waals surface area contributed by atoms with Crippen molar-refractivity contribution in [2.75, 3.05) is 7.11 Å². The molecule has 11 heteroatoms. The molecule has 0 spiro atoms. The molecule has 2 unspecified atom stereocenters. The average molecular weight is 488 g/mol. The standard InChI is InChI=1S/C22H19ClF5N3O2/c1-11(13-4-5-15(23)18(25)20(13)33-3)8-21(32,22(26,27)28)10-30-17-7-6-16(24)19-14(17)9-29-12(2)31-19/h4-7,9-11,32H,8H2,1-3H3/b30-10-. The van der Waals surface area contributed by atoms with Crippen molar-refractivity contribution in [2.45, 2.75) is 38.0 Å². The highest BCUT2D eigenvalue weighted by atomic mass is 35.5. The van der Waals surface area contributed by atoms with Crippen LogP contribution in [0.4, 0.5) is 27.6 Å². The summed E-state index contributed by atoms with van der Waals surface area (Å²) < 4.78 is 75.0. The summed E-state index contributed by atoms with van der Waals surface area (Å²) in [5.41, 5.74) is -3.47. The summed E-state index contributed by atoms with van der Waals surface area (Å²) >= 11 is 5.72. The van der Waals surface area contributed by atoms with Crippen molar-refractivity contribution in [1.82, 2.24) is 9.97 Å². The van der Waals surface area contributed by atoms with Crippen molar-refractivity contribution in [3.8, 4) is 5.75 Å². The SMILES string of the molecule is COc1c(C(C)CC(O)(/C=N\c2ccc(F)c3nc(C)ncc23)C(F)(F)F)ccc(Cl)c1F. The van der Waals surface area contributed by atoms with Crippen LogP contribution in [0.3, 0.4) is 0 Å². The van der Waals surface area contributed by atoms with Crippen LogP contribution < -0.4 is 4.74 Å². The molecule has 1 heterocycles. The number of benzene rings is 2. The van der Waals surface area contributed by atoms with Gasteiger partial charge in [-0.05, 0) is 37.5 Å². The molecular formula is C22H19ClF5N3O2. The minimum absolute atomic E-state index is 0.0585. The van der Waals surface area contributed by atoms with E-state index in [0.717, 1.165) is 19.2 Å². The number of ether oxygens (including phenoxy) is 1. The Kier molecular flexibility index (Phi) is 6.90. The largest absolute Gasteiger partial charge is 0.493 e.